The van der Waals surface area contributed by atoms with E-state index in [1.807, 2.05) is 6.07 Å². The number of pyridine rings is 1. The second-order valence-corrected chi connectivity index (χ2v) is 7.23. The van der Waals surface area contributed by atoms with Crippen LogP contribution in [0.1, 0.15) is 26.5 Å². The highest BCUT2D eigenvalue weighted by atomic mass is 32.2. The summed E-state index contributed by atoms with van der Waals surface area (Å²) in [6, 6.07) is 12.8. The average Bonchev–Trinajstić information content (AvgIpc) is 3.13. The van der Waals surface area contributed by atoms with E-state index >= 15 is 0 Å². The maximum absolute atomic E-state index is 12.2. The van der Waals surface area contributed by atoms with Gasteiger partial charge in [0.05, 0.1) is 12.2 Å². The van der Waals surface area contributed by atoms with Gasteiger partial charge in [-0.15, -0.1) is 0 Å². The molecule has 0 bridgehead atoms. The van der Waals surface area contributed by atoms with Gasteiger partial charge in [-0.25, -0.2) is 13.9 Å². The molecule has 9 nitrogen and oxygen atoms in total. The third-order valence-electron chi connectivity index (χ3n) is 3.94. The van der Waals surface area contributed by atoms with Crippen molar-refractivity contribution in [2.24, 2.45) is 5.14 Å². The SMILES string of the molecule is NS(=O)(=O)n1ccc(-c2ccc(C(=O)NCc3ccccn3)cc2)c1C(=O)O. The number of hydrogen-bond donors (Lipinski definition) is 3. The van der Waals surface area contributed by atoms with E-state index in [9.17, 15) is 23.1 Å². The van der Waals surface area contributed by atoms with E-state index in [1.165, 1.54) is 30.3 Å². The van der Waals surface area contributed by atoms with Gasteiger partial charge in [0, 0.05) is 23.5 Å². The third kappa shape index (κ3) is 4.08. The lowest BCUT2D eigenvalue weighted by molar-refractivity contribution is 0.0690. The first kappa shape index (κ1) is 19.3. The Morgan fingerprint density at radius 3 is 2.39 bits per heavy atom. The molecule has 1 amide bonds. The van der Waals surface area contributed by atoms with Gasteiger partial charge in [0.1, 0.15) is 0 Å². The van der Waals surface area contributed by atoms with Crippen LogP contribution < -0.4 is 10.5 Å². The van der Waals surface area contributed by atoms with E-state index in [2.05, 4.69) is 10.3 Å². The maximum Gasteiger partial charge on any atom is 0.354 e. The summed E-state index contributed by atoms with van der Waals surface area (Å²) in [7, 11) is -4.26. The molecule has 0 aliphatic carbocycles. The van der Waals surface area contributed by atoms with Crippen molar-refractivity contribution < 1.29 is 23.1 Å². The van der Waals surface area contributed by atoms with Crippen LogP contribution in [0.5, 0.6) is 0 Å². The highest BCUT2D eigenvalue weighted by molar-refractivity contribution is 7.87. The molecule has 2 heterocycles. The summed E-state index contributed by atoms with van der Waals surface area (Å²) in [4.78, 5) is 27.9. The van der Waals surface area contributed by atoms with Gasteiger partial charge in [0.25, 0.3) is 5.91 Å². The number of aromatic nitrogens is 2. The van der Waals surface area contributed by atoms with Gasteiger partial charge in [-0.1, -0.05) is 18.2 Å². The Balaban J connectivity index is 1.82. The number of carbonyl (C=O) groups is 2. The summed E-state index contributed by atoms with van der Waals surface area (Å²) in [5.41, 5.74) is 1.20. The van der Waals surface area contributed by atoms with Crippen molar-refractivity contribution in [3.8, 4) is 11.1 Å². The van der Waals surface area contributed by atoms with Crippen LogP contribution in [0, 0.1) is 0 Å². The number of benzene rings is 1. The van der Waals surface area contributed by atoms with Crippen LogP contribution in [-0.2, 0) is 16.8 Å². The monoisotopic (exact) mass is 400 g/mol. The molecule has 3 aromatic rings. The molecule has 1 aromatic carbocycles. The number of carbonyl (C=O) groups excluding carboxylic acids is 1. The highest BCUT2D eigenvalue weighted by Crippen LogP contribution is 2.26. The minimum Gasteiger partial charge on any atom is -0.477 e. The minimum absolute atomic E-state index is 0.168. The predicted molar refractivity (Wildman–Crippen MR) is 101 cm³/mol. The van der Waals surface area contributed by atoms with Crippen molar-refractivity contribution in [2.75, 3.05) is 0 Å². The number of rotatable bonds is 6. The lowest BCUT2D eigenvalue weighted by Crippen LogP contribution is -2.25. The van der Waals surface area contributed by atoms with Crippen LogP contribution in [0.2, 0.25) is 0 Å². The first-order valence-electron chi connectivity index (χ1n) is 8.04. The van der Waals surface area contributed by atoms with E-state index in [0.717, 1.165) is 6.20 Å². The van der Waals surface area contributed by atoms with Crippen molar-refractivity contribution in [2.45, 2.75) is 6.54 Å². The fourth-order valence-corrected chi connectivity index (χ4v) is 3.31. The molecular weight excluding hydrogens is 384 g/mol. The molecule has 0 fully saturated rings. The molecule has 0 spiro atoms. The molecule has 0 aliphatic heterocycles. The van der Waals surface area contributed by atoms with E-state index in [0.29, 0.717) is 20.8 Å². The zero-order valence-corrected chi connectivity index (χ0v) is 15.3. The van der Waals surface area contributed by atoms with Crippen LogP contribution in [0.15, 0.2) is 60.9 Å². The van der Waals surface area contributed by atoms with Crippen LogP contribution in [0.4, 0.5) is 0 Å². The molecule has 28 heavy (non-hydrogen) atoms. The molecule has 0 saturated heterocycles. The second kappa shape index (κ2) is 7.62. The minimum atomic E-state index is -4.26. The molecule has 2 aromatic heterocycles. The fraction of sp³-hybridized carbons (Fsp3) is 0.0556. The molecule has 144 valence electrons. The van der Waals surface area contributed by atoms with Crippen LogP contribution in [0.3, 0.4) is 0 Å². The van der Waals surface area contributed by atoms with Gasteiger partial charge in [0.15, 0.2) is 5.69 Å². The summed E-state index contributed by atoms with van der Waals surface area (Å²) in [5, 5.41) is 17.1. The Hall–Kier alpha value is -3.50. The first-order chi connectivity index (χ1) is 13.3. The molecule has 4 N–H and O–H groups in total. The van der Waals surface area contributed by atoms with Crippen molar-refractivity contribution in [3.63, 3.8) is 0 Å². The zero-order valence-electron chi connectivity index (χ0n) is 14.4. The second-order valence-electron chi connectivity index (χ2n) is 5.81. The third-order valence-corrected chi connectivity index (χ3v) is 4.80. The summed E-state index contributed by atoms with van der Waals surface area (Å²) >= 11 is 0. The predicted octanol–water partition coefficient (Wildman–Crippen LogP) is 1.23. The number of nitrogens with one attached hydrogen (secondary N) is 1. The van der Waals surface area contributed by atoms with E-state index in [1.54, 1.807) is 18.3 Å². The van der Waals surface area contributed by atoms with Crippen molar-refractivity contribution in [1.29, 1.82) is 0 Å². The summed E-state index contributed by atoms with van der Waals surface area (Å²) in [6.07, 6.45) is 2.70. The molecule has 0 radical (unpaired) electrons. The zero-order chi connectivity index (χ0) is 20.3. The Kier molecular flexibility index (Phi) is 5.25. The maximum atomic E-state index is 12.2. The quantitative estimate of drug-likeness (QED) is 0.567. The van der Waals surface area contributed by atoms with Crippen molar-refractivity contribution in [3.05, 3.63) is 77.9 Å². The molecule has 0 saturated carbocycles. The summed E-state index contributed by atoms with van der Waals surface area (Å²) < 4.78 is 23.6. The van der Waals surface area contributed by atoms with E-state index < -0.39 is 21.9 Å². The topological polar surface area (TPSA) is 144 Å². The first-order valence-corrected chi connectivity index (χ1v) is 9.54. The molecular formula is C18H16N4O5S. The number of carboxylic acid groups (broad SMARTS) is 1. The highest BCUT2D eigenvalue weighted by Gasteiger charge is 2.22. The number of nitrogens with two attached hydrogens (primary N) is 1. The molecule has 0 aliphatic rings. The Morgan fingerprint density at radius 2 is 1.82 bits per heavy atom. The van der Waals surface area contributed by atoms with E-state index in [-0.39, 0.29) is 18.0 Å². The lowest BCUT2D eigenvalue weighted by atomic mass is 10.0. The summed E-state index contributed by atoms with van der Waals surface area (Å²) in [5.74, 6) is -1.76. The fourth-order valence-electron chi connectivity index (χ4n) is 2.65. The number of hydrogen-bond acceptors (Lipinski definition) is 5. The smallest absolute Gasteiger partial charge is 0.354 e. The van der Waals surface area contributed by atoms with Crippen molar-refractivity contribution in [1.82, 2.24) is 14.3 Å². The van der Waals surface area contributed by atoms with Crippen molar-refractivity contribution >= 4 is 22.1 Å². The van der Waals surface area contributed by atoms with Gasteiger partial charge in [0.2, 0.25) is 0 Å². The van der Waals surface area contributed by atoms with E-state index in [4.69, 9.17) is 5.14 Å². The molecule has 0 unspecified atom stereocenters. The Bertz CT molecular complexity index is 1120. The largest absolute Gasteiger partial charge is 0.477 e. The van der Waals surface area contributed by atoms with Gasteiger partial charge < -0.3 is 10.4 Å². The van der Waals surface area contributed by atoms with Gasteiger partial charge in [-0.3, -0.25) is 9.78 Å². The average molecular weight is 400 g/mol. The lowest BCUT2D eigenvalue weighted by Gasteiger charge is -2.07. The van der Waals surface area contributed by atoms with Crippen LogP contribution in [0.25, 0.3) is 11.1 Å². The molecule has 0 atom stereocenters. The van der Waals surface area contributed by atoms with Gasteiger partial charge in [-0.2, -0.15) is 8.42 Å². The summed E-state index contributed by atoms with van der Waals surface area (Å²) in [6.45, 7) is 0.266. The number of amides is 1. The standard InChI is InChI=1S/C18H16N4O5S/c19-28(26,27)22-10-8-15(16(22)18(24)25)12-4-6-13(7-5-12)17(23)21-11-14-3-1-2-9-20-14/h1-10H,11H2,(H,21,23)(H,24,25)(H2,19,26,27). The Morgan fingerprint density at radius 1 is 1.11 bits per heavy atom. The number of aromatic carboxylic acids is 1. The Labute approximate surface area is 160 Å². The molecule has 3 rings (SSSR count). The van der Waals surface area contributed by atoms with Crippen LogP contribution >= 0.6 is 0 Å². The number of nitrogens with zero attached hydrogens (tertiary/aromatic N) is 2. The normalized spacial score (nSPS) is 11.2. The molecule has 10 heteroatoms. The van der Waals surface area contributed by atoms with Gasteiger partial charge >= 0.3 is 16.2 Å². The van der Waals surface area contributed by atoms with Crippen LogP contribution in [-0.4, -0.2) is 34.4 Å². The van der Waals surface area contributed by atoms with Gasteiger partial charge in [-0.05, 0) is 35.9 Å². The number of carboxylic acids is 1.